The number of benzene rings is 1. The molecular formula is C16H17ClIN3O2. The summed E-state index contributed by atoms with van der Waals surface area (Å²) in [6.45, 7) is 3.55. The van der Waals surface area contributed by atoms with Gasteiger partial charge >= 0.3 is 0 Å². The van der Waals surface area contributed by atoms with Crippen LogP contribution in [0.2, 0.25) is 5.02 Å². The Labute approximate surface area is 155 Å². The minimum atomic E-state index is -0.0442. The lowest BCUT2D eigenvalue weighted by Gasteiger charge is -2.26. The van der Waals surface area contributed by atoms with Gasteiger partial charge in [-0.2, -0.15) is 0 Å². The number of nitrogens with zero attached hydrogens (tertiary/aromatic N) is 2. The van der Waals surface area contributed by atoms with E-state index in [4.69, 9.17) is 16.1 Å². The van der Waals surface area contributed by atoms with Gasteiger partial charge in [-0.1, -0.05) is 22.8 Å². The second kappa shape index (κ2) is 6.41. The van der Waals surface area contributed by atoms with Crippen LogP contribution < -0.4 is 10.9 Å². The predicted octanol–water partition coefficient (Wildman–Crippen LogP) is 3.65. The second-order valence-corrected chi connectivity index (χ2v) is 6.18. The van der Waals surface area contributed by atoms with Gasteiger partial charge in [-0.3, -0.25) is 4.79 Å². The SMILES string of the molecule is Cc1onc2c1c(=O)n(C1CCCNC1)c1cccc(Cl)c21.I. The van der Waals surface area contributed by atoms with Crippen molar-refractivity contribution in [3.8, 4) is 0 Å². The lowest BCUT2D eigenvalue weighted by atomic mass is 10.0. The van der Waals surface area contributed by atoms with Crippen molar-refractivity contribution < 1.29 is 4.52 Å². The summed E-state index contributed by atoms with van der Waals surface area (Å²) >= 11 is 6.40. The van der Waals surface area contributed by atoms with Crippen molar-refractivity contribution >= 4 is 57.4 Å². The topological polar surface area (TPSA) is 60.1 Å². The lowest BCUT2D eigenvalue weighted by molar-refractivity contribution is 0.373. The molecule has 23 heavy (non-hydrogen) atoms. The molecule has 0 radical (unpaired) electrons. The van der Waals surface area contributed by atoms with Crippen LogP contribution in [0.25, 0.3) is 21.8 Å². The van der Waals surface area contributed by atoms with Gasteiger partial charge in [0.05, 0.1) is 10.5 Å². The van der Waals surface area contributed by atoms with Crippen LogP contribution in [0.3, 0.4) is 0 Å². The molecule has 1 aromatic carbocycles. The van der Waals surface area contributed by atoms with E-state index in [1.807, 2.05) is 22.8 Å². The number of aryl methyl sites for hydroxylation is 1. The highest BCUT2D eigenvalue weighted by Crippen LogP contribution is 2.32. The van der Waals surface area contributed by atoms with Gasteiger partial charge in [-0.05, 0) is 38.4 Å². The van der Waals surface area contributed by atoms with Crippen LogP contribution >= 0.6 is 35.6 Å². The fourth-order valence-electron chi connectivity index (χ4n) is 3.39. The number of nitrogens with one attached hydrogen (secondary N) is 1. The quantitative estimate of drug-likeness (QED) is 0.581. The molecule has 1 fully saturated rings. The summed E-state index contributed by atoms with van der Waals surface area (Å²) in [5.74, 6) is 0.541. The monoisotopic (exact) mass is 445 g/mol. The fourth-order valence-corrected chi connectivity index (χ4v) is 3.65. The molecule has 3 heterocycles. The minimum Gasteiger partial charge on any atom is -0.360 e. The van der Waals surface area contributed by atoms with Crippen LogP contribution in [-0.4, -0.2) is 22.8 Å². The average molecular weight is 446 g/mol. The Bertz CT molecular complexity index is 928. The molecule has 3 aromatic rings. The highest BCUT2D eigenvalue weighted by Gasteiger charge is 2.24. The van der Waals surface area contributed by atoms with E-state index in [-0.39, 0.29) is 35.6 Å². The molecule has 1 saturated heterocycles. The molecule has 1 aliphatic rings. The van der Waals surface area contributed by atoms with Crippen LogP contribution in [0.5, 0.6) is 0 Å². The van der Waals surface area contributed by atoms with E-state index >= 15 is 0 Å². The molecule has 0 aliphatic carbocycles. The third-order valence-corrected chi connectivity index (χ3v) is 4.73. The average Bonchev–Trinajstić information content (AvgIpc) is 2.91. The molecule has 1 aliphatic heterocycles. The van der Waals surface area contributed by atoms with Crippen LogP contribution in [0.1, 0.15) is 24.6 Å². The Hall–Kier alpha value is -1.12. The van der Waals surface area contributed by atoms with Crippen molar-refractivity contribution in [2.75, 3.05) is 13.1 Å². The molecule has 5 nitrogen and oxygen atoms in total. The number of fused-ring (bicyclic) bond motifs is 3. The maximum atomic E-state index is 13.0. The number of halogens is 2. The van der Waals surface area contributed by atoms with E-state index < -0.39 is 0 Å². The first-order valence-electron chi connectivity index (χ1n) is 7.48. The normalized spacial score (nSPS) is 18.3. The lowest BCUT2D eigenvalue weighted by Crippen LogP contribution is -2.36. The van der Waals surface area contributed by atoms with Crippen molar-refractivity contribution in [3.05, 3.63) is 39.3 Å². The Morgan fingerprint density at radius 1 is 1.39 bits per heavy atom. The first kappa shape index (κ1) is 16.7. The molecule has 122 valence electrons. The zero-order chi connectivity index (χ0) is 15.3. The zero-order valence-corrected chi connectivity index (χ0v) is 15.7. The van der Waals surface area contributed by atoms with Gasteiger partial charge in [0.25, 0.3) is 5.56 Å². The Morgan fingerprint density at radius 3 is 2.96 bits per heavy atom. The Balaban J connectivity index is 0.00000156. The van der Waals surface area contributed by atoms with E-state index in [1.165, 1.54) is 0 Å². The van der Waals surface area contributed by atoms with Crippen molar-refractivity contribution in [3.63, 3.8) is 0 Å². The number of hydrogen-bond donors (Lipinski definition) is 1. The van der Waals surface area contributed by atoms with Gasteiger partial charge in [0, 0.05) is 18.0 Å². The van der Waals surface area contributed by atoms with E-state index in [1.54, 1.807) is 6.92 Å². The van der Waals surface area contributed by atoms with Gasteiger partial charge < -0.3 is 14.4 Å². The van der Waals surface area contributed by atoms with Crippen LogP contribution in [0.15, 0.2) is 27.5 Å². The molecular weight excluding hydrogens is 429 g/mol. The number of hydrogen-bond acceptors (Lipinski definition) is 4. The van der Waals surface area contributed by atoms with Gasteiger partial charge in [0.15, 0.2) is 0 Å². The first-order valence-corrected chi connectivity index (χ1v) is 7.85. The third kappa shape index (κ3) is 2.56. The zero-order valence-electron chi connectivity index (χ0n) is 12.6. The number of pyridine rings is 1. The van der Waals surface area contributed by atoms with Crippen molar-refractivity contribution in [1.29, 1.82) is 0 Å². The molecule has 7 heteroatoms. The van der Waals surface area contributed by atoms with Crippen molar-refractivity contribution in [2.45, 2.75) is 25.8 Å². The van der Waals surface area contributed by atoms with E-state index in [0.717, 1.165) is 36.8 Å². The Morgan fingerprint density at radius 2 is 2.22 bits per heavy atom. The fraction of sp³-hybridized carbons (Fsp3) is 0.375. The van der Waals surface area contributed by atoms with Crippen molar-refractivity contribution in [2.24, 2.45) is 0 Å². The molecule has 0 spiro atoms. The predicted molar refractivity (Wildman–Crippen MR) is 102 cm³/mol. The molecule has 0 amide bonds. The van der Waals surface area contributed by atoms with Gasteiger partial charge in [-0.15, -0.1) is 24.0 Å². The van der Waals surface area contributed by atoms with Crippen LogP contribution in [0, 0.1) is 6.92 Å². The standard InChI is InChI=1S/C16H16ClN3O2.HI/c1-9-13-15(19-22-9)14-11(17)5-2-6-12(14)20(16(13)21)10-4-3-7-18-8-10;/h2,5-6,10,18H,3-4,7-8H2,1H3;1H. The molecule has 0 bridgehead atoms. The summed E-state index contributed by atoms with van der Waals surface area (Å²) in [4.78, 5) is 13.0. The van der Waals surface area contributed by atoms with E-state index in [0.29, 0.717) is 21.7 Å². The van der Waals surface area contributed by atoms with Crippen LogP contribution in [-0.2, 0) is 0 Å². The highest BCUT2D eigenvalue weighted by molar-refractivity contribution is 14.0. The first-order chi connectivity index (χ1) is 10.7. The highest BCUT2D eigenvalue weighted by atomic mass is 127. The molecule has 1 atom stereocenters. The third-order valence-electron chi connectivity index (χ3n) is 4.42. The maximum Gasteiger partial charge on any atom is 0.264 e. The van der Waals surface area contributed by atoms with Gasteiger partial charge in [0.1, 0.15) is 16.7 Å². The largest absolute Gasteiger partial charge is 0.360 e. The van der Waals surface area contributed by atoms with E-state index in [9.17, 15) is 4.79 Å². The van der Waals surface area contributed by atoms with Gasteiger partial charge in [0.2, 0.25) is 0 Å². The summed E-state index contributed by atoms with van der Waals surface area (Å²) in [6.07, 6.45) is 2.03. The number of rotatable bonds is 1. The number of aromatic nitrogens is 2. The second-order valence-electron chi connectivity index (χ2n) is 5.77. The molecule has 1 N–H and O–H groups in total. The molecule has 2 aromatic heterocycles. The molecule has 1 unspecified atom stereocenters. The summed E-state index contributed by atoms with van der Waals surface area (Å²) in [6, 6.07) is 5.75. The summed E-state index contributed by atoms with van der Waals surface area (Å²) < 4.78 is 7.12. The van der Waals surface area contributed by atoms with Crippen molar-refractivity contribution in [1.82, 2.24) is 15.0 Å². The van der Waals surface area contributed by atoms with E-state index in [2.05, 4.69) is 10.5 Å². The maximum absolute atomic E-state index is 13.0. The van der Waals surface area contributed by atoms with Crippen LogP contribution in [0.4, 0.5) is 0 Å². The minimum absolute atomic E-state index is 0. The van der Waals surface area contributed by atoms with Gasteiger partial charge in [-0.25, -0.2) is 0 Å². The smallest absolute Gasteiger partial charge is 0.264 e. The molecule has 4 rings (SSSR count). The molecule has 0 saturated carbocycles. The Kier molecular flexibility index (Phi) is 4.66. The summed E-state index contributed by atoms with van der Waals surface area (Å²) in [5, 5.41) is 9.35. The summed E-state index contributed by atoms with van der Waals surface area (Å²) in [7, 11) is 0. The number of piperidine rings is 1. The summed E-state index contributed by atoms with van der Waals surface area (Å²) in [5.41, 5.74) is 1.34.